The number of carbonyl (C=O) groups is 1. The van der Waals surface area contributed by atoms with Crippen molar-refractivity contribution in [3.05, 3.63) is 58.9 Å². The first-order valence-corrected chi connectivity index (χ1v) is 10.4. The molecule has 0 aliphatic carbocycles. The Morgan fingerprint density at radius 1 is 1.16 bits per heavy atom. The lowest BCUT2D eigenvalue weighted by atomic mass is 10.2. The van der Waals surface area contributed by atoms with Crippen LogP contribution in [-0.4, -0.2) is 39.2 Å². The van der Waals surface area contributed by atoms with Crippen molar-refractivity contribution in [3.8, 4) is 11.4 Å². The highest BCUT2D eigenvalue weighted by Crippen LogP contribution is 2.28. The first-order valence-electron chi connectivity index (χ1n) is 9.45. The molecule has 0 aliphatic rings. The summed E-state index contributed by atoms with van der Waals surface area (Å²) in [5.41, 5.74) is 1.19. The summed E-state index contributed by atoms with van der Waals surface area (Å²) >= 11 is 0.997. The van der Waals surface area contributed by atoms with Crippen molar-refractivity contribution >= 4 is 39.7 Å². The number of hydrogen-bond acceptors (Lipinski definition) is 6. The lowest BCUT2D eigenvalue weighted by Gasteiger charge is -2.13. The molecule has 0 saturated heterocycles. The average Bonchev–Trinajstić information content (AvgIpc) is 3.11. The second kappa shape index (κ2) is 8.58. The molecule has 0 saturated carbocycles. The second-order valence-electron chi connectivity index (χ2n) is 6.56. The van der Waals surface area contributed by atoms with Gasteiger partial charge in [0.2, 0.25) is 0 Å². The Morgan fingerprint density at radius 3 is 2.56 bits per heavy atom. The molecule has 2 aromatic carbocycles. The molecular formula is C21H16F3N3O4S. The summed E-state index contributed by atoms with van der Waals surface area (Å²) < 4.78 is 47.5. The van der Waals surface area contributed by atoms with Gasteiger partial charge in [0, 0.05) is 10.9 Å². The number of thioether (sulfide) groups is 1. The predicted molar refractivity (Wildman–Crippen MR) is 113 cm³/mol. The Kier molecular flexibility index (Phi) is 5.83. The number of alkyl halides is 3. The van der Waals surface area contributed by atoms with Gasteiger partial charge >= 0.3 is 12.3 Å². The summed E-state index contributed by atoms with van der Waals surface area (Å²) in [5, 5.41) is 0.934. The minimum Gasteiger partial charge on any atom is -0.465 e. The number of aromatic amines is 1. The minimum atomic E-state index is -4.83. The van der Waals surface area contributed by atoms with Crippen LogP contribution in [0.3, 0.4) is 0 Å². The van der Waals surface area contributed by atoms with Crippen molar-refractivity contribution in [2.45, 2.75) is 18.4 Å². The third-order valence-electron chi connectivity index (χ3n) is 4.45. The summed E-state index contributed by atoms with van der Waals surface area (Å²) in [6.07, 6.45) is -4.83. The van der Waals surface area contributed by atoms with E-state index in [2.05, 4.69) is 14.7 Å². The van der Waals surface area contributed by atoms with Crippen molar-refractivity contribution in [1.29, 1.82) is 0 Å². The van der Waals surface area contributed by atoms with E-state index >= 15 is 0 Å². The summed E-state index contributed by atoms with van der Waals surface area (Å²) in [6, 6.07) is 12.1. The number of benzene rings is 2. The normalized spacial score (nSPS) is 11.8. The molecule has 0 bridgehead atoms. The molecule has 166 valence electrons. The maximum Gasteiger partial charge on any atom is 0.573 e. The van der Waals surface area contributed by atoms with Crippen molar-refractivity contribution in [2.24, 2.45) is 0 Å². The van der Waals surface area contributed by atoms with Crippen LogP contribution < -0.4 is 10.3 Å². The van der Waals surface area contributed by atoms with Crippen LogP contribution in [0.15, 0.2) is 58.5 Å². The van der Waals surface area contributed by atoms with E-state index < -0.39 is 23.6 Å². The topological polar surface area (TPSA) is 86.2 Å². The number of carbonyl (C=O) groups excluding carboxylic acids is 1. The number of H-pyrrole nitrogens is 1. The third-order valence-corrected chi connectivity index (χ3v) is 5.36. The minimum absolute atomic E-state index is 0.0938. The maximum atomic E-state index is 13.4. The first kappa shape index (κ1) is 21.8. The third kappa shape index (κ3) is 4.42. The number of fused-ring (bicyclic) bond motifs is 3. The fraction of sp³-hybridized carbons (Fsp3) is 0.190. The van der Waals surface area contributed by atoms with Gasteiger partial charge in [-0.3, -0.25) is 14.2 Å². The Labute approximate surface area is 183 Å². The zero-order chi connectivity index (χ0) is 22.9. The molecule has 4 aromatic rings. The number of rotatable bonds is 6. The molecule has 1 N–H and O–H groups in total. The lowest BCUT2D eigenvalue weighted by molar-refractivity contribution is -0.274. The van der Waals surface area contributed by atoms with Gasteiger partial charge in [-0.25, -0.2) is 4.98 Å². The highest BCUT2D eigenvalue weighted by molar-refractivity contribution is 7.99. The summed E-state index contributed by atoms with van der Waals surface area (Å²) in [4.78, 5) is 32.9. The largest absolute Gasteiger partial charge is 0.573 e. The van der Waals surface area contributed by atoms with E-state index in [9.17, 15) is 22.8 Å². The van der Waals surface area contributed by atoms with Crippen LogP contribution in [0, 0.1) is 0 Å². The van der Waals surface area contributed by atoms with Crippen LogP contribution in [0.1, 0.15) is 6.92 Å². The van der Waals surface area contributed by atoms with Crippen LogP contribution in [0.25, 0.3) is 27.6 Å². The van der Waals surface area contributed by atoms with E-state index in [4.69, 9.17) is 4.74 Å². The lowest BCUT2D eigenvalue weighted by Crippen LogP contribution is -2.22. The van der Waals surface area contributed by atoms with Crippen LogP contribution in [0.4, 0.5) is 13.2 Å². The fourth-order valence-electron chi connectivity index (χ4n) is 3.19. The molecule has 11 heteroatoms. The van der Waals surface area contributed by atoms with Gasteiger partial charge in [0.1, 0.15) is 16.8 Å². The van der Waals surface area contributed by atoms with Crippen LogP contribution in [0.2, 0.25) is 0 Å². The van der Waals surface area contributed by atoms with Gasteiger partial charge in [-0.1, -0.05) is 30.0 Å². The Bertz CT molecular complexity index is 1350. The van der Waals surface area contributed by atoms with Gasteiger partial charge in [-0.05, 0) is 37.3 Å². The molecular weight excluding hydrogens is 447 g/mol. The molecule has 0 amide bonds. The molecule has 0 unspecified atom stereocenters. The van der Waals surface area contributed by atoms with Crippen molar-refractivity contribution < 1.29 is 27.4 Å². The number of hydrogen-bond donors (Lipinski definition) is 1. The number of para-hydroxylation sites is 1. The van der Waals surface area contributed by atoms with Crippen molar-refractivity contribution in [3.63, 3.8) is 0 Å². The summed E-state index contributed by atoms with van der Waals surface area (Å²) in [7, 11) is 0. The van der Waals surface area contributed by atoms with E-state index in [0.29, 0.717) is 11.0 Å². The average molecular weight is 463 g/mol. The Hall–Kier alpha value is -3.47. The van der Waals surface area contributed by atoms with Crippen LogP contribution in [-0.2, 0) is 9.53 Å². The molecule has 0 radical (unpaired) electrons. The molecule has 7 nitrogen and oxygen atoms in total. The maximum absolute atomic E-state index is 13.4. The van der Waals surface area contributed by atoms with Gasteiger partial charge < -0.3 is 14.5 Å². The van der Waals surface area contributed by atoms with Gasteiger partial charge in [0.15, 0.2) is 5.16 Å². The van der Waals surface area contributed by atoms with Gasteiger partial charge in [-0.15, -0.1) is 13.2 Å². The first-order chi connectivity index (χ1) is 15.3. The van der Waals surface area contributed by atoms with E-state index in [1.54, 1.807) is 13.0 Å². The van der Waals surface area contributed by atoms with Crippen molar-refractivity contribution in [1.82, 2.24) is 14.5 Å². The SMILES string of the molecule is CCOC(=O)CSc1nc2c([nH]c3ccccc32)c(=O)n1-c1ccc(OC(F)(F)F)cc1. The molecule has 0 fully saturated rings. The zero-order valence-corrected chi connectivity index (χ0v) is 17.4. The summed E-state index contributed by atoms with van der Waals surface area (Å²) in [6.45, 7) is 1.89. The number of nitrogens with zero attached hydrogens (tertiary/aromatic N) is 2. The number of nitrogens with one attached hydrogen (secondary N) is 1. The molecule has 0 aliphatic heterocycles. The molecule has 2 heterocycles. The standard InChI is InChI=1S/C21H16F3N3O4S/c1-2-30-16(28)11-32-20-26-17-14-5-3-4-6-15(14)25-18(17)19(29)27(20)12-7-9-13(10-8-12)31-21(22,23)24/h3-10,25H,2,11H2,1H3. The predicted octanol–water partition coefficient (Wildman–Crippen LogP) is 4.42. The number of aromatic nitrogens is 3. The van der Waals surface area contributed by atoms with Gasteiger partial charge in [0.25, 0.3) is 5.56 Å². The van der Waals surface area contributed by atoms with Crippen LogP contribution >= 0.6 is 11.8 Å². The van der Waals surface area contributed by atoms with Gasteiger partial charge in [0.05, 0.1) is 18.0 Å². The van der Waals surface area contributed by atoms with E-state index in [1.807, 2.05) is 18.2 Å². The smallest absolute Gasteiger partial charge is 0.465 e. The second-order valence-corrected chi connectivity index (χ2v) is 7.51. The van der Waals surface area contributed by atoms with Gasteiger partial charge in [-0.2, -0.15) is 0 Å². The summed E-state index contributed by atoms with van der Waals surface area (Å²) in [5.74, 6) is -0.996. The Balaban J connectivity index is 1.84. The Morgan fingerprint density at radius 2 is 1.88 bits per heavy atom. The quantitative estimate of drug-likeness (QED) is 0.259. The zero-order valence-electron chi connectivity index (χ0n) is 16.6. The number of ether oxygens (including phenoxy) is 2. The van der Waals surface area contributed by atoms with E-state index in [0.717, 1.165) is 29.3 Å². The highest BCUT2D eigenvalue weighted by Gasteiger charge is 2.31. The molecule has 32 heavy (non-hydrogen) atoms. The van der Waals surface area contributed by atoms with E-state index in [1.165, 1.54) is 16.7 Å². The molecule has 0 atom stereocenters. The molecule has 2 aromatic heterocycles. The highest BCUT2D eigenvalue weighted by atomic mass is 32.2. The van der Waals surface area contributed by atoms with Crippen molar-refractivity contribution in [2.75, 3.05) is 12.4 Å². The van der Waals surface area contributed by atoms with E-state index in [-0.39, 0.29) is 28.7 Å². The number of halogens is 3. The molecule has 0 spiro atoms. The number of esters is 1. The fourth-order valence-corrected chi connectivity index (χ4v) is 3.99. The molecule has 4 rings (SSSR count). The monoisotopic (exact) mass is 463 g/mol. The van der Waals surface area contributed by atoms with Crippen LogP contribution in [0.5, 0.6) is 5.75 Å².